The summed E-state index contributed by atoms with van der Waals surface area (Å²) in [6, 6.07) is 16.0. The number of benzene rings is 2. The van der Waals surface area contributed by atoms with Crippen LogP contribution in [0.15, 0.2) is 66.7 Å². The Morgan fingerprint density at radius 1 is 1.02 bits per heavy atom. The summed E-state index contributed by atoms with van der Waals surface area (Å²) in [5.41, 5.74) is 1.30. The zero-order chi connectivity index (χ0) is 35.5. The zero-order valence-electron chi connectivity index (χ0n) is 29.0. The number of aromatic nitrogens is 4. The highest BCUT2D eigenvalue weighted by atomic mass is 16.6. The van der Waals surface area contributed by atoms with Crippen LogP contribution in [0.25, 0.3) is 11.1 Å². The van der Waals surface area contributed by atoms with Crippen LogP contribution in [0, 0.1) is 11.3 Å². The van der Waals surface area contributed by atoms with E-state index in [9.17, 15) is 24.3 Å². The van der Waals surface area contributed by atoms with Crippen LogP contribution in [0.2, 0.25) is 0 Å². The van der Waals surface area contributed by atoms with E-state index in [0.29, 0.717) is 31.5 Å². The molecule has 0 bridgehead atoms. The van der Waals surface area contributed by atoms with E-state index in [4.69, 9.17) is 4.74 Å². The number of Topliss-reactive ketones (excluding diaryl/α,β-unsaturated/α-hetero) is 1. The lowest BCUT2D eigenvalue weighted by atomic mass is 9.92. The summed E-state index contributed by atoms with van der Waals surface area (Å²) in [5, 5.41) is 26.2. The van der Waals surface area contributed by atoms with Gasteiger partial charge in [-0.2, -0.15) is 4.80 Å². The van der Waals surface area contributed by atoms with Crippen molar-refractivity contribution >= 4 is 23.8 Å². The van der Waals surface area contributed by atoms with Gasteiger partial charge in [0.1, 0.15) is 11.6 Å². The first-order chi connectivity index (χ1) is 23.9. The van der Waals surface area contributed by atoms with E-state index < -0.39 is 47.1 Å². The van der Waals surface area contributed by atoms with Gasteiger partial charge in [0.15, 0.2) is 11.6 Å². The number of carbonyl (C=O) groups is 4. The summed E-state index contributed by atoms with van der Waals surface area (Å²) in [7, 11) is 0. The molecule has 0 unspecified atom stereocenters. The second-order valence-corrected chi connectivity index (χ2v) is 14.8. The number of alkyl carbamates (subject to hydrolysis) is 1. The van der Waals surface area contributed by atoms with Crippen LogP contribution >= 0.6 is 0 Å². The molecule has 2 aliphatic heterocycles. The number of nitrogens with one attached hydrogen (secondary N) is 1. The van der Waals surface area contributed by atoms with Crippen molar-refractivity contribution in [1.82, 2.24) is 30.4 Å². The Kier molecular flexibility index (Phi) is 10.2. The highest BCUT2D eigenvalue weighted by Crippen LogP contribution is 2.57. The van der Waals surface area contributed by atoms with E-state index in [0.717, 1.165) is 36.0 Å². The molecular weight excluding hydrogens is 636 g/mol. The number of fused-ring (bicyclic) bond motifs is 2. The van der Waals surface area contributed by atoms with Gasteiger partial charge < -0.3 is 20.1 Å². The largest absolute Gasteiger partial charge is 0.481 e. The maximum absolute atomic E-state index is 14.3. The molecule has 2 N–H and O–H groups in total. The van der Waals surface area contributed by atoms with Gasteiger partial charge in [0.05, 0.1) is 17.5 Å². The van der Waals surface area contributed by atoms with E-state index >= 15 is 0 Å². The van der Waals surface area contributed by atoms with Gasteiger partial charge in [0.25, 0.3) is 0 Å². The molecule has 1 aliphatic carbocycles. The summed E-state index contributed by atoms with van der Waals surface area (Å²) < 4.78 is 5.48. The fourth-order valence-electron chi connectivity index (χ4n) is 7.13. The minimum atomic E-state index is -1.18. The Morgan fingerprint density at radius 2 is 1.76 bits per heavy atom. The van der Waals surface area contributed by atoms with Crippen molar-refractivity contribution < 1.29 is 29.0 Å². The Bertz CT molecular complexity index is 1730. The predicted octanol–water partition coefficient (Wildman–Crippen LogP) is 5.54. The maximum Gasteiger partial charge on any atom is 0.408 e. The molecule has 12 nitrogen and oxygen atoms in total. The molecule has 2 aromatic carbocycles. The van der Waals surface area contributed by atoms with Gasteiger partial charge in [0.2, 0.25) is 5.91 Å². The molecule has 2 fully saturated rings. The average molecular weight is 683 g/mol. The smallest absolute Gasteiger partial charge is 0.408 e. The number of amides is 2. The zero-order valence-corrected chi connectivity index (χ0v) is 29.0. The number of allylic oxidation sites excluding steroid dienone is 2. The summed E-state index contributed by atoms with van der Waals surface area (Å²) in [6.45, 7) is 5.37. The van der Waals surface area contributed by atoms with Crippen LogP contribution in [0.3, 0.4) is 0 Å². The fraction of sp³-hybridized carbons (Fsp3) is 0.500. The van der Waals surface area contributed by atoms with Crippen LogP contribution in [-0.4, -0.2) is 78.2 Å². The van der Waals surface area contributed by atoms with E-state index in [2.05, 4.69) is 45.0 Å². The number of rotatable bonds is 6. The van der Waals surface area contributed by atoms with E-state index in [1.807, 2.05) is 42.5 Å². The average Bonchev–Trinajstić information content (AvgIpc) is 3.36. The lowest BCUT2D eigenvalue weighted by Gasteiger charge is -2.30. The topological polar surface area (TPSA) is 157 Å². The number of ketones is 1. The molecule has 264 valence electrons. The van der Waals surface area contributed by atoms with Crippen molar-refractivity contribution in [3.05, 3.63) is 78.1 Å². The number of ether oxygens (including phenoxy) is 1. The molecule has 2 amide bonds. The van der Waals surface area contributed by atoms with Crippen molar-refractivity contribution in [3.8, 4) is 11.1 Å². The molecule has 5 atom stereocenters. The number of aliphatic carboxylic acids is 1. The van der Waals surface area contributed by atoms with Crippen molar-refractivity contribution in [3.63, 3.8) is 0 Å². The van der Waals surface area contributed by atoms with Gasteiger partial charge in [-0.05, 0) is 74.3 Å². The molecule has 0 spiro atoms. The Morgan fingerprint density at radius 3 is 2.48 bits per heavy atom. The van der Waals surface area contributed by atoms with Gasteiger partial charge in [-0.15, -0.1) is 10.2 Å². The van der Waals surface area contributed by atoms with Crippen LogP contribution in [0.5, 0.6) is 0 Å². The standard InChI is InChI=1S/C38H46N6O6/c1-37(2,3)50-36(49)39-30-15-11-6-4-5-10-14-28-22-38(28,35(47)48)23-32(45)31-21-29(24-43(31)34(30)46)44-41-33(40-42-44)20-25-16-18-27(19-17-25)26-12-8-7-9-13-26/h7-10,12-14,16-19,28-31H,4-6,11,15,20-24H2,1-3H3,(H,39,49)(H,47,48)/t28-,29+,30-,31+,38+/m1/s1. The SMILES string of the molecule is CC(C)(C)OC(=O)N[C@@H]1CCCCCC=C[C@@H]2C[C@]2(C(=O)O)CC(=O)[C@@H]2C[C@H](n3nnc(Cc4ccc(-c5ccccc5)cc4)n3)CN2C1=O. The number of nitrogens with zero attached hydrogens (tertiary/aromatic N) is 5. The molecule has 3 aliphatic rings. The van der Waals surface area contributed by atoms with Gasteiger partial charge >= 0.3 is 12.1 Å². The molecule has 1 saturated heterocycles. The van der Waals surface area contributed by atoms with Crippen LogP contribution < -0.4 is 5.32 Å². The quantitative estimate of drug-likeness (QED) is 0.319. The molecule has 6 rings (SSSR count). The monoisotopic (exact) mass is 682 g/mol. The number of hydrogen-bond donors (Lipinski definition) is 2. The Labute approximate surface area is 292 Å². The molecule has 3 heterocycles. The lowest BCUT2D eigenvalue weighted by Crippen LogP contribution is -2.52. The number of carboxylic acid groups (broad SMARTS) is 1. The maximum atomic E-state index is 14.3. The van der Waals surface area contributed by atoms with Crippen LogP contribution in [0.1, 0.15) is 89.6 Å². The van der Waals surface area contributed by atoms with E-state index in [-0.39, 0.29) is 31.1 Å². The summed E-state index contributed by atoms with van der Waals surface area (Å²) in [5.74, 6) is -1.44. The van der Waals surface area contributed by atoms with E-state index in [1.165, 1.54) is 9.70 Å². The summed E-state index contributed by atoms with van der Waals surface area (Å²) in [4.78, 5) is 56.6. The molecular formula is C38H46N6O6. The van der Waals surface area contributed by atoms with E-state index in [1.54, 1.807) is 20.8 Å². The van der Waals surface area contributed by atoms with Crippen molar-refractivity contribution in [1.29, 1.82) is 0 Å². The summed E-state index contributed by atoms with van der Waals surface area (Å²) in [6.07, 6.45) is 7.61. The van der Waals surface area contributed by atoms with Crippen molar-refractivity contribution in [2.24, 2.45) is 11.3 Å². The second-order valence-electron chi connectivity index (χ2n) is 14.8. The molecule has 0 radical (unpaired) electrons. The highest BCUT2D eigenvalue weighted by molar-refractivity contribution is 5.96. The second kappa shape index (κ2) is 14.5. The van der Waals surface area contributed by atoms with Gasteiger partial charge in [-0.1, -0.05) is 79.6 Å². The third-order valence-corrected chi connectivity index (χ3v) is 9.92. The molecule has 3 aromatic rings. The number of carbonyl (C=O) groups excluding carboxylic acids is 3. The van der Waals surface area contributed by atoms with Gasteiger partial charge in [-0.25, -0.2) is 4.79 Å². The molecule has 50 heavy (non-hydrogen) atoms. The van der Waals surface area contributed by atoms with Crippen LogP contribution in [-0.2, 0) is 25.5 Å². The summed E-state index contributed by atoms with van der Waals surface area (Å²) >= 11 is 0. The minimum absolute atomic E-state index is 0.118. The fourth-order valence-corrected chi connectivity index (χ4v) is 7.13. The Balaban J connectivity index is 1.23. The molecule has 1 aromatic heterocycles. The Hall–Kier alpha value is -4.87. The first-order valence-corrected chi connectivity index (χ1v) is 17.6. The number of carboxylic acids is 1. The first kappa shape index (κ1) is 35.0. The number of tetrazole rings is 1. The van der Waals surface area contributed by atoms with Gasteiger partial charge in [0, 0.05) is 25.8 Å². The normalized spacial score (nSPS) is 25.9. The van der Waals surface area contributed by atoms with Crippen molar-refractivity contribution in [2.75, 3.05) is 6.54 Å². The van der Waals surface area contributed by atoms with Crippen LogP contribution in [0.4, 0.5) is 4.79 Å². The lowest BCUT2D eigenvalue weighted by molar-refractivity contribution is -0.147. The third-order valence-electron chi connectivity index (χ3n) is 9.92. The molecule has 12 heteroatoms. The molecule has 1 saturated carbocycles. The third kappa shape index (κ3) is 8.11. The predicted molar refractivity (Wildman–Crippen MR) is 185 cm³/mol. The first-order valence-electron chi connectivity index (χ1n) is 17.6. The highest BCUT2D eigenvalue weighted by Gasteiger charge is 2.61. The van der Waals surface area contributed by atoms with Gasteiger partial charge in [-0.3, -0.25) is 14.4 Å². The van der Waals surface area contributed by atoms with Crippen molar-refractivity contribution in [2.45, 2.75) is 102 Å². The number of hydrogen-bond acceptors (Lipinski definition) is 8. The minimum Gasteiger partial charge on any atom is -0.481 e.